The average molecular weight is 314 g/mol. The summed E-state index contributed by atoms with van der Waals surface area (Å²) in [6.07, 6.45) is 7.34. The number of nitrogens with zero attached hydrogens (tertiary/aromatic N) is 4. The lowest BCUT2D eigenvalue weighted by Crippen LogP contribution is -2.35. The number of rotatable bonds is 3. The average Bonchev–Trinajstić information content (AvgIpc) is 2.94. The zero-order valence-corrected chi connectivity index (χ0v) is 13.6. The van der Waals surface area contributed by atoms with Gasteiger partial charge >= 0.3 is 0 Å². The first-order valence-electron chi connectivity index (χ1n) is 8.21. The predicted octanol–water partition coefficient (Wildman–Crippen LogP) is 3.35. The van der Waals surface area contributed by atoms with E-state index in [4.69, 9.17) is 4.52 Å². The molecular weight excluding hydrogens is 292 g/mol. The van der Waals surface area contributed by atoms with Gasteiger partial charge in [-0.2, -0.15) is 4.98 Å². The summed E-state index contributed by atoms with van der Waals surface area (Å²) in [5.74, 6) is 1.44. The van der Waals surface area contributed by atoms with Crippen molar-refractivity contribution in [3.05, 3.63) is 41.8 Å². The Morgan fingerprint density at radius 1 is 1.26 bits per heavy atom. The van der Waals surface area contributed by atoms with Crippen molar-refractivity contribution >= 4 is 5.91 Å². The van der Waals surface area contributed by atoms with Crippen LogP contribution in [0.4, 0.5) is 0 Å². The summed E-state index contributed by atoms with van der Waals surface area (Å²) in [7, 11) is 0. The van der Waals surface area contributed by atoms with Gasteiger partial charge in [0.15, 0.2) is 5.82 Å². The lowest BCUT2D eigenvalue weighted by atomic mass is 10.1. The standard InChI is InChI=1S/C17H22N4O2/c1-12(2)16-19-15(20-23-16)14-6-4-3-5-11-21(14)17(22)13-7-9-18-10-8-13/h7-10,12,14H,3-6,11H2,1-2H3/t14-/m1/s1. The maximum atomic E-state index is 12.9. The van der Waals surface area contributed by atoms with E-state index in [1.807, 2.05) is 18.7 Å². The second kappa shape index (κ2) is 6.89. The summed E-state index contributed by atoms with van der Waals surface area (Å²) in [5.41, 5.74) is 0.652. The van der Waals surface area contributed by atoms with E-state index in [1.54, 1.807) is 24.5 Å². The van der Waals surface area contributed by atoms with E-state index in [-0.39, 0.29) is 17.9 Å². The fourth-order valence-corrected chi connectivity index (χ4v) is 2.90. The van der Waals surface area contributed by atoms with Crippen molar-refractivity contribution in [1.29, 1.82) is 0 Å². The van der Waals surface area contributed by atoms with Crippen LogP contribution in [0.15, 0.2) is 29.0 Å². The van der Waals surface area contributed by atoms with Crippen LogP contribution in [-0.2, 0) is 0 Å². The van der Waals surface area contributed by atoms with E-state index in [0.717, 1.165) is 32.2 Å². The minimum absolute atomic E-state index is 0.00944. The molecule has 6 nitrogen and oxygen atoms in total. The summed E-state index contributed by atoms with van der Waals surface area (Å²) in [5, 5.41) is 4.14. The maximum absolute atomic E-state index is 12.9. The smallest absolute Gasteiger partial charge is 0.254 e. The Balaban J connectivity index is 1.89. The minimum atomic E-state index is -0.116. The van der Waals surface area contributed by atoms with E-state index in [9.17, 15) is 4.79 Å². The molecule has 2 aromatic heterocycles. The molecule has 1 fully saturated rings. The monoisotopic (exact) mass is 314 g/mol. The van der Waals surface area contributed by atoms with Crippen LogP contribution < -0.4 is 0 Å². The highest BCUT2D eigenvalue weighted by Gasteiger charge is 2.31. The van der Waals surface area contributed by atoms with Crippen LogP contribution in [0.5, 0.6) is 0 Å². The van der Waals surface area contributed by atoms with Gasteiger partial charge in [0, 0.05) is 30.4 Å². The molecular formula is C17H22N4O2. The molecule has 2 aromatic rings. The molecule has 0 aliphatic carbocycles. The second-order valence-electron chi connectivity index (χ2n) is 6.25. The van der Waals surface area contributed by atoms with E-state index >= 15 is 0 Å². The van der Waals surface area contributed by atoms with Crippen LogP contribution in [0.3, 0.4) is 0 Å². The number of likely N-dealkylation sites (tertiary alicyclic amines) is 1. The van der Waals surface area contributed by atoms with Crippen LogP contribution in [0.2, 0.25) is 0 Å². The van der Waals surface area contributed by atoms with Gasteiger partial charge in [-0.3, -0.25) is 9.78 Å². The first-order chi connectivity index (χ1) is 11.2. The largest absolute Gasteiger partial charge is 0.339 e. The summed E-state index contributed by atoms with van der Waals surface area (Å²) < 4.78 is 5.34. The summed E-state index contributed by atoms with van der Waals surface area (Å²) in [6, 6.07) is 3.38. The van der Waals surface area contributed by atoms with Crippen LogP contribution in [0, 0.1) is 0 Å². The maximum Gasteiger partial charge on any atom is 0.254 e. The third-order valence-corrected chi connectivity index (χ3v) is 4.19. The second-order valence-corrected chi connectivity index (χ2v) is 6.25. The van der Waals surface area contributed by atoms with Crippen LogP contribution in [-0.4, -0.2) is 32.5 Å². The Labute approximate surface area is 135 Å². The number of hydrogen-bond donors (Lipinski definition) is 0. The minimum Gasteiger partial charge on any atom is -0.339 e. The number of carbonyl (C=O) groups is 1. The molecule has 0 saturated carbocycles. The zero-order valence-electron chi connectivity index (χ0n) is 13.6. The van der Waals surface area contributed by atoms with Crippen molar-refractivity contribution in [2.75, 3.05) is 6.54 Å². The highest BCUT2D eigenvalue weighted by molar-refractivity contribution is 5.94. The van der Waals surface area contributed by atoms with Crippen LogP contribution >= 0.6 is 0 Å². The molecule has 23 heavy (non-hydrogen) atoms. The predicted molar refractivity (Wildman–Crippen MR) is 84.9 cm³/mol. The van der Waals surface area contributed by atoms with Gasteiger partial charge in [-0.15, -0.1) is 0 Å². The number of pyridine rings is 1. The Morgan fingerprint density at radius 2 is 2.04 bits per heavy atom. The molecule has 0 radical (unpaired) electrons. The highest BCUT2D eigenvalue weighted by atomic mass is 16.5. The fourth-order valence-electron chi connectivity index (χ4n) is 2.90. The number of aromatic nitrogens is 3. The Morgan fingerprint density at radius 3 is 2.74 bits per heavy atom. The molecule has 0 unspecified atom stereocenters. The van der Waals surface area contributed by atoms with Gasteiger partial charge in [0.05, 0.1) is 6.04 Å². The molecule has 1 aliphatic heterocycles. The normalized spacial score (nSPS) is 18.9. The molecule has 3 rings (SSSR count). The van der Waals surface area contributed by atoms with Gasteiger partial charge in [0.2, 0.25) is 5.89 Å². The Bertz CT molecular complexity index is 654. The summed E-state index contributed by atoms with van der Waals surface area (Å²) >= 11 is 0. The zero-order chi connectivity index (χ0) is 16.2. The summed E-state index contributed by atoms with van der Waals surface area (Å²) in [6.45, 7) is 4.76. The molecule has 0 aromatic carbocycles. The van der Waals surface area contributed by atoms with Crippen molar-refractivity contribution < 1.29 is 9.32 Å². The number of hydrogen-bond acceptors (Lipinski definition) is 5. The van der Waals surface area contributed by atoms with Gasteiger partial charge in [-0.05, 0) is 25.0 Å². The molecule has 1 saturated heterocycles. The first-order valence-corrected chi connectivity index (χ1v) is 8.21. The SMILES string of the molecule is CC(C)c1nc([C@H]2CCCCCN2C(=O)c2ccncc2)no1. The van der Waals surface area contributed by atoms with Gasteiger partial charge in [-0.1, -0.05) is 31.8 Å². The number of amides is 1. The molecule has 1 amide bonds. The van der Waals surface area contributed by atoms with E-state index in [1.165, 1.54) is 0 Å². The number of carbonyl (C=O) groups excluding carboxylic acids is 1. The van der Waals surface area contributed by atoms with Crippen molar-refractivity contribution in [1.82, 2.24) is 20.0 Å². The lowest BCUT2D eigenvalue weighted by molar-refractivity contribution is 0.0670. The highest BCUT2D eigenvalue weighted by Crippen LogP contribution is 2.30. The Kier molecular flexibility index (Phi) is 4.69. The topological polar surface area (TPSA) is 72.1 Å². The van der Waals surface area contributed by atoms with Gasteiger partial charge in [-0.25, -0.2) is 0 Å². The molecule has 3 heterocycles. The molecule has 0 bridgehead atoms. The molecule has 0 spiro atoms. The third kappa shape index (κ3) is 3.41. The van der Waals surface area contributed by atoms with Gasteiger partial charge in [0.25, 0.3) is 5.91 Å². The molecule has 1 atom stereocenters. The lowest BCUT2D eigenvalue weighted by Gasteiger charge is -2.27. The van der Waals surface area contributed by atoms with Crippen LogP contribution in [0.1, 0.15) is 73.6 Å². The molecule has 0 N–H and O–H groups in total. The van der Waals surface area contributed by atoms with Crippen LogP contribution in [0.25, 0.3) is 0 Å². The molecule has 6 heteroatoms. The van der Waals surface area contributed by atoms with E-state index in [0.29, 0.717) is 17.3 Å². The van der Waals surface area contributed by atoms with Gasteiger partial charge < -0.3 is 9.42 Å². The van der Waals surface area contributed by atoms with Crippen molar-refractivity contribution in [2.24, 2.45) is 0 Å². The van der Waals surface area contributed by atoms with Gasteiger partial charge in [0.1, 0.15) is 0 Å². The molecule has 1 aliphatic rings. The molecule has 122 valence electrons. The van der Waals surface area contributed by atoms with Crippen molar-refractivity contribution in [3.8, 4) is 0 Å². The quantitative estimate of drug-likeness (QED) is 0.868. The third-order valence-electron chi connectivity index (χ3n) is 4.19. The Hall–Kier alpha value is -2.24. The van der Waals surface area contributed by atoms with E-state index in [2.05, 4.69) is 15.1 Å². The van der Waals surface area contributed by atoms with Crippen molar-refractivity contribution in [3.63, 3.8) is 0 Å². The van der Waals surface area contributed by atoms with E-state index < -0.39 is 0 Å². The fraction of sp³-hybridized carbons (Fsp3) is 0.529. The van der Waals surface area contributed by atoms with Crippen molar-refractivity contribution in [2.45, 2.75) is 51.5 Å². The summed E-state index contributed by atoms with van der Waals surface area (Å²) in [4.78, 5) is 23.3. The first kappa shape index (κ1) is 15.6.